The summed E-state index contributed by atoms with van der Waals surface area (Å²) < 4.78 is 4.71. The average molecular weight is 304 g/mol. The lowest BCUT2D eigenvalue weighted by Crippen LogP contribution is -2.43. The van der Waals surface area contributed by atoms with Gasteiger partial charge in [-0.05, 0) is 5.56 Å². The van der Waals surface area contributed by atoms with E-state index >= 15 is 0 Å². The van der Waals surface area contributed by atoms with Gasteiger partial charge in [0.15, 0.2) is 6.61 Å². The summed E-state index contributed by atoms with van der Waals surface area (Å²) >= 11 is 0. The van der Waals surface area contributed by atoms with E-state index < -0.39 is 23.5 Å². The highest BCUT2D eigenvalue weighted by molar-refractivity contribution is 5.97. The van der Waals surface area contributed by atoms with Gasteiger partial charge in [0.2, 0.25) is 5.91 Å². The minimum absolute atomic E-state index is 0.0590. The first-order valence-electron chi connectivity index (χ1n) is 7.12. The van der Waals surface area contributed by atoms with Crippen LogP contribution >= 0.6 is 0 Å². The number of carbonyl (C=O) groups is 3. The van der Waals surface area contributed by atoms with E-state index in [2.05, 4.69) is 5.32 Å². The van der Waals surface area contributed by atoms with Gasteiger partial charge >= 0.3 is 6.09 Å². The van der Waals surface area contributed by atoms with Crippen molar-refractivity contribution in [1.29, 1.82) is 0 Å². The van der Waals surface area contributed by atoms with Crippen LogP contribution in [0.4, 0.5) is 4.79 Å². The second-order valence-electron chi connectivity index (χ2n) is 6.25. The molecule has 1 aromatic carbocycles. The molecule has 6 nitrogen and oxygen atoms in total. The molecule has 1 fully saturated rings. The summed E-state index contributed by atoms with van der Waals surface area (Å²) in [7, 11) is 0. The molecule has 0 spiro atoms. The summed E-state index contributed by atoms with van der Waals surface area (Å²) in [5.41, 5.74) is 0.260. The monoisotopic (exact) mass is 304 g/mol. The lowest BCUT2D eigenvalue weighted by Gasteiger charge is -2.26. The van der Waals surface area contributed by atoms with Gasteiger partial charge in [-0.1, -0.05) is 51.1 Å². The van der Waals surface area contributed by atoms with Crippen molar-refractivity contribution in [1.82, 2.24) is 10.2 Å². The van der Waals surface area contributed by atoms with Crippen LogP contribution in [-0.2, 0) is 14.3 Å². The molecule has 1 aliphatic heterocycles. The number of amides is 3. The van der Waals surface area contributed by atoms with Gasteiger partial charge in [-0.2, -0.15) is 0 Å². The highest BCUT2D eigenvalue weighted by Crippen LogP contribution is 2.20. The molecule has 0 aliphatic carbocycles. The molecule has 1 heterocycles. The fourth-order valence-corrected chi connectivity index (χ4v) is 2.03. The summed E-state index contributed by atoms with van der Waals surface area (Å²) in [5.74, 6) is -0.544. The molecule has 118 valence electrons. The van der Waals surface area contributed by atoms with Gasteiger partial charge in [0.05, 0.1) is 12.6 Å². The molecule has 1 N–H and O–H groups in total. The fraction of sp³-hybridized carbons (Fsp3) is 0.438. The maximum atomic E-state index is 12.3. The van der Waals surface area contributed by atoms with Gasteiger partial charge in [0.25, 0.3) is 5.91 Å². The molecule has 0 aromatic heterocycles. The number of carbonyl (C=O) groups excluding carboxylic acids is 3. The van der Waals surface area contributed by atoms with E-state index in [1.54, 1.807) is 20.8 Å². The standard InChI is InChI=1S/C16H20N2O4/c1-16(2,3)14(20)17-12(11-7-5-4-6-8-11)9-18-13(19)10-22-15(18)21/h4-8,12H,9-10H2,1-3H3,(H,17,20). The summed E-state index contributed by atoms with van der Waals surface area (Å²) in [4.78, 5) is 36.6. The van der Waals surface area contributed by atoms with Crippen LogP contribution in [0.1, 0.15) is 32.4 Å². The Hall–Kier alpha value is -2.37. The molecular formula is C16H20N2O4. The lowest BCUT2D eigenvalue weighted by molar-refractivity contribution is -0.130. The summed E-state index contributed by atoms with van der Waals surface area (Å²) in [5, 5.41) is 2.90. The van der Waals surface area contributed by atoms with Gasteiger partial charge < -0.3 is 10.1 Å². The zero-order valence-corrected chi connectivity index (χ0v) is 13.0. The number of imide groups is 1. The van der Waals surface area contributed by atoms with Crippen molar-refractivity contribution in [2.45, 2.75) is 26.8 Å². The number of hydrogen-bond acceptors (Lipinski definition) is 4. The maximum absolute atomic E-state index is 12.3. The van der Waals surface area contributed by atoms with Gasteiger partial charge in [-0.25, -0.2) is 9.69 Å². The van der Waals surface area contributed by atoms with Crippen molar-refractivity contribution in [2.75, 3.05) is 13.2 Å². The number of nitrogens with zero attached hydrogens (tertiary/aromatic N) is 1. The molecule has 0 radical (unpaired) electrons. The molecule has 2 rings (SSSR count). The Labute approximate surface area is 129 Å². The first kappa shape index (κ1) is 16.0. The van der Waals surface area contributed by atoms with Crippen LogP contribution in [0.2, 0.25) is 0 Å². The predicted octanol–water partition coefficient (Wildman–Crippen LogP) is 1.87. The smallest absolute Gasteiger partial charge is 0.417 e. The topological polar surface area (TPSA) is 75.7 Å². The first-order valence-corrected chi connectivity index (χ1v) is 7.12. The molecule has 1 aliphatic rings. The van der Waals surface area contributed by atoms with Crippen LogP contribution in [0.3, 0.4) is 0 Å². The molecule has 1 atom stereocenters. The van der Waals surface area contributed by atoms with Crippen molar-refractivity contribution >= 4 is 17.9 Å². The maximum Gasteiger partial charge on any atom is 0.417 e. The minimum atomic E-state index is -0.670. The van der Waals surface area contributed by atoms with Crippen molar-refractivity contribution < 1.29 is 19.1 Å². The highest BCUT2D eigenvalue weighted by atomic mass is 16.6. The zero-order valence-electron chi connectivity index (χ0n) is 13.0. The van der Waals surface area contributed by atoms with Crippen molar-refractivity contribution in [3.05, 3.63) is 35.9 Å². The second-order valence-corrected chi connectivity index (χ2v) is 6.25. The van der Waals surface area contributed by atoms with Crippen molar-refractivity contribution in [3.63, 3.8) is 0 Å². The van der Waals surface area contributed by atoms with Crippen LogP contribution in [0.5, 0.6) is 0 Å². The minimum Gasteiger partial charge on any atom is -0.439 e. The number of rotatable bonds is 4. The van der Waals surface area contributed by atoms with Crippen molar-refractivity contribution in [3.8, 4) is 0 Å². The Morgan fingerprint density at radius 2 is 1.91 bits per heavy atom. The van der Waals surface area contributed by atoms with E-state index in [1.165, 1.54) is 0 Å². The van der Waals surface area contributed by atoms with E-state index in [0.717, 1.165) is 10.5 Å². The number of hydrogen-bond donors (Lipinski definition) is 1. The molecule has 22 heavy (non-hydrogen) atoms. The molecule has 0 bridgehead atoms. The Morgan fingerprint density at radius 1 is 1.27 bits per heavy atom. The van der Waals surface area contributed by atoms with Crippen LogP contribution in [0.25, 0.3) is 0 Å². The Morgan fingerprint density at radius 3 is 2.41 bits per heavy atom. The fourth-order valence-electron chi connectivity index (χ4n) is 2.03. The SMILES string of the molecule is CC(C)(C)C(=O)NC(CN1C(=O)COC1=O)c1ccccc1. The van der Waals surface area contributed by atoms with Crippen molar-refractivity contribution in [2.24, 2.45) is 5.41 Å². The third-order valence-electron chi connectivity index (χ3n) is 3.39. The van der Waals surface area contributed by atoms with E-state index in [4.69, 9.17) is 4.74 Å². The van der Waals surface area contributed by atoms with Gasteiger partial charge in [-0.15, -0.1) is 0 Å². The van der Waals surface area contributed by atoms with E-state index in [1.807, 2.05) is 30.3 Å². The average Bonchev–Trinajstić information content (AvgIpc) is 2.78. The zero-order chi connectivity index (χ0) is 16.3. The molecule has 1 aromatic rings. The normalized spacial score (nSPS) is 16.4. The molecule has 3 amide bonds. The molecular weight excluding hydrogens is 284 g/mol. The second kappa shape index (κ2) is 6.17. The molecule has 0 saturated carbocycles. The lowest BCUT2D eigenvalue weighted by atomic mass is 9.94. The number of benzene rings is 1. The summed E-state index contributed by atoms with van der Waals surface area (Å²) in [6.45, 7) is 5.23. The molecule has 1 unspecified atom stereocenters. The highest BCUT2D eigenvalue weighted by Gasteiger charge is 2.34. The Kier molecular flexibility index (Phi) is 4.49. The first-order chi connectivity index (χ1) is 10.3. The van der Waals surface area contributed by atoms with E-state index in [0.29, 0.717) is 0 Å². The molecule has 6 heteroatoms. The van der Waals surface area contributed by atoms with Gasteiger partial charge in [0.1, 0.15) is 0 Å². The van der Waals surface area contributed by atoms with Gasteiger partial charge in [0, 0.05) is 5.41 Å². The number of cyclic esters (lactones) is 1. The quantitative estimate of drug-likeness (QED) is 0.921. The largest absolute Gasteiger partial charge is 0.439 e. The van der Waals surface area contributed by atoms with Gasteiger partial charge in [-0.3, -0.25) is 9.59 Å². The Bertz CT molecular complexity index is 562. The Balaban J connectivity index is 2.21. The van der Waals surface area contributed by atoms with E-state index in [-0.39, 0.29) is 19.1 Å². The molecule has 1 saturated heterocycles. The third kappa shape index (κ3) is 3.63. The predicted molar refractivity (Wildman–Crippen MR) is 79.8 cm³/mol. The van der Waals surface area contributed by atoms with Crippen LogP contribution < -0.4 is 5.32 Å². The van der Waals surface area contributed by atoms with Crippen LogP contribution in [0, 0.1) is 5.41 Å². The summed E-state index contributed by atoms with van der Waals surface area (Å²) in [6, 6.07) is 8.77. The summed E-state index contributed by atoms with van der Waals surface area (Å²) in [6.07, 6.45) is -0.670. The number of ether oxygens (including phenoxy) is 1. The van der Waals surface area contributed by atoms with Crippen LogP contribution in [0.15, 0.2) is 30.3 Å². The third-order valence-corrected chi connectivity index (χ3v) is 3.39. The number of nitrogens with one attached hydrogen (secondary N) is 1. The van der Waals surface area contributed by atoms with Crippen LogP contribution in [-0.4, -0.2) is 36.0 Å². The van der Waals surface area contributed by atoms with E-state index in [9.17, 15) is 14.4 Å².